The minimum absolute atomic E-state index is 0.220. The number of esters is 1. The Morgan fingerprint density at radius 2 is 1.69 bits per heavy atom. The minimum atomic E-state index is -1.47. The number of hydrogen-bond donors (Lipinski definition) is 0. The Morgan fingerprint density at radius 1 is 1.07 bits per heavy atom. The molecule has 3 rings (SSSR count). The quantitative estimate of drug-likeness (QED) is 0.442. The third kappa shape index (κ3) is 4.04. The van der Waals surface area contributed by atoms with Gasteiger partial charge in [0.2, 0.25) is 5.91 Å². The van der Waals surface area contributed by atoms with E-state index in [9.17, 15) is 9.59 Å². The fourth-order valence-electron chi connectivity index (χ4n) is 3.59. The van der Waals surface area contributed by atoms with Crippen molar-refractivity contribution in [1.82, 2.24) is 0 Å². The summed E-state index contributed by atoms with van der Waals surface area (Å²) in [6.07, 6.45) is 0.220. The number of piperidine rings is 1. The van der Waals surface area contributed by atoms with Crippen LogP contribution >= 0.6 is 0 Å². The van der Waals surface area contributed by atoms with Crippen molar-refractivity contribution in [1.29, 1.82) is 0 Å². The molecule has 29 heavy (non-hydrogen) atoms. The summed E-state index contributed by atoms with van der Waals surface area (Å²) in [6.45, 7) is 9.88. The largest absolute Gasteiger partial charge is 0.497 e. The van der Waals surface area contributed by atoms with Gasteiger partial charge in [0, 0.05) is 12.2 Å². The lowest BCUT2D eigenvalue weighted by molar-refractivity contribution is -0.165. The number of amides is 1. The molecule has 0 aliphatic carbocycles. The van der Waals surface area contributed by atoms with Crippen LogP contribution in [0.4, 0.5) is 5.69 Å². The summed E-state index contributed by atoms with van der Waals surface area (Å²) in [6, 6.07) is 16.3. The van der Waals surface area contributed by atoms with E-state index in [4.69, 9.17) is 9.47 Å². The lowest BCUT2D eigenvalue weighted by Gasteiger charge is -2.42. The first-order valence-electron chi connectivity index (χ1n) is 9.59. The van der Waals surface area contributed by atoms with E-state index in [1.807, 2.05) is 18.2 Å². The van der Waals surface area contributed by atoms with E-state index < -0.39 is 17.0 Å². The number of methoxy groups -OCH3 is 1. The van der Waals surface area contributed by atoms with Crippen LogP contribution in [0.15, 0.2) is 66.7 Å². The molecular weight excluding hydrogens is 366 g/mol. The molecular formula is C24H27NO4. The Balaban J connectivity index is 2.12. The summed E-state index contributed by atoms with van der Waals surface area (Å²) in [5.74, 6) is -0.172. The molecule has 0 aromatic heterocycles. The van der Waals surface area contributed by atoms with E-state index in [-0.39, 0.29) is 12.3 Å². The first kappa shape index (κ1) is 20.6. The van der Waals surface area contributed by atoms with E-state index >= 15 is 0 Å². The normalized spacial score (nSPS) is 19.8. The van der Waals surface area contributed by atoms with Crippen molar-refractivity contribution in [2.45, 2.75) is 38.2 Å². The molecule has 1 aliphatic heterocycles. The highest BCUT2D eigenvalue weighted by Gasteiger charge is 2.54. The predicted octanol–water partition coefficient (Wildman–Crippen LogP) is 4.27. The second kappa shape index (κ2) is 7.74. The smallest absolute Gasteiger partial charge is 0.327 e. The summed E-state index contributed by atoms with van der Waals surface area (Å²) in [5.41, 5.74) is -0.110. The molecule has 0 spiro atoms. The molecule has 0 bridgehead atoms. The van der Waals surface area contributed by atoms with Gasteiger partial charge in [0.05, 0.1) is 7.11 Å². The average molecular weight is 393 g/mol. The first-order valence-corrected chi connectivity index (χ1v) is 9.59. The van der Waals surface area contributed by atoms with Gasteiger partial charge in [-0.15, -0.1) is 0 Å². The SMILES string of the molecule is C=C1CN(c2ccc(OC)cc2)C(=O)C(C(=O)OC(C)(C)C)(c2ccccc2)C1. The zero-order valence-electron chi connectivity index (χ0n) is 17.4. The lowest BCUT2D eigenvalue weighted by atomic mass is 9.71. The molecule has 5 nitrogen and oxygen atoms in total. The molecule has 0 N–H and O–H groups in total. The first-order chi connectivity index (χ1) is 13.7. The number of carbonyl (C=O) groups excluding carboxylic acids is 2. The standard InChI is InChI=1S/C24H27NO4/c1-17-15-24(18-9-7-6-8-10-18,22(27)29-23(2,3)4)21(26)25(16-17)19-11-13-20(28-5)14-12-19/h6-14H,1,15-16H2,2-5H3. The van der Waals surface area contributed by atoms with E-state index in [0.717, 1.165) is 5.57 Å². The number of carbonyl (C=O) groups is 2. The van der Waals surface area contributed by atoms with Crippen molar-refractivity contribution in [3.63, 3.8) is 0 Å². The zero-order valence-corrected chi connectivity index (χ0v) is 17.4. The Bertz CT molecular complexity index is 912. The Labute approximate surface area is 171 Å². The van der Waals surface area contributed by atoms with Crippen LogP contribution in [-0.2, 0) is 19.7 Å². The van der Waals surface area contributed by atoms with Crippen LogP contribution < -0.4 is 9.64 Å². The average Bonchev–Trinajstić information content (AvgIpc) is 2.69. The molecule has 1 aliphatic rings. The number of anilines is 1. The molecule has 2 aromatic carbocycles. The van der Waals surface area contributed by atoms with Gasteiger partial charge in [-0.3, -0.25) is 9.59 Å². The van der Waals surface area contributed by atoms with Gasteiger partial charge in [0.1, 0.15) is 11.4 Å². The number of nitrogens with zero attached hydrogens (tertiary/aromatic N) is 1. The van der Waals surface area contributed by atoms with Crippen molar-refractivity contribution in [2.24, 2.45) is 0 Å². The molecule has 2 aromatic rings. The van der Waals surface area contributed by atoms with Crippen molar-refractivity contribution in [3.05, 3.63) is 72.3 Å². The predicted molar refractivity (Wildman–Crippen MR) is 113 cm³/mol. The van der Waals surface area contributed by atoms with Gasteiger partial charge < -0.3 is 14.4 Å². The van der Waals surface area contributed by atoms with Gasteiger partial charge >= 0.3 is 5.97 Å². The summed E-state index contributed by atoms with van der Waals surface area (Å²) in [5, 5.41) is 0. The highest BCUT2D eigenvalue weighted by molar-refractivity contribution is 6.16. The summed E-state index contributed by atoms with van der Waals surface area (Å²) < 4.78 is 10.9. The molecule has 1 fully saturated rings. The second-order valence-electron chi connectivity index (χ2n) is 8.29. The Morgan fingerprint density at radius 3 is 2.24 bits per heavy atom. The summed E-state index contributed by atoms with van der Waals surface area (Å²) in [7, 11) is 1.59. The second-order valence-corrected chi connectivity index (χ2v) is 8.29. The molecule has 0 radical (unpaired) electrons. The monoisotopic (exact) mass is 393 g/mol. The molecule has 1 heterocycles. The van der Waals surface area contributed by atoms with Crippen molar-refractivity contribution in [3.8, 4) is 5.75 Å². The topological polar surface area (TPSA) is 55.8 Å². The van der Waals surface area contributed by atoms with E-state index in [1.165, 1.54) is 0 Å². The van der Waals surface area contributed by atoms with Gasteiger partial charge in [0.15, 0.2) is 5.41 Å². The van der Waals surface area contributed by atoms with Gasteiger partial charge in [-0.25, -0.2) is 0 Å². The van der Waals surface area contributed by atoms with E-state index in [2.05, 4.69) is 6.58 Å². The zero-order chi connectivity index (χ0) is 21.2. The Hall–Kier alpha value is -3.08. The van der Waals surface area contributed by atoms with Crippen molar-refractivity contribution >= 4 is 17.6 Å². The van der Waals surface area contributed by atoms with Crippen LogP contribution in [-0.4, -0.2) is 31.1 Å². The molecule has 0 saturated carbocycles. The van der Waals surface area contributed by atoms with Crippen LogP contribution in [0.2, 0.25) is 0 Å². The fraction of sp³-hybridized carbons (Fsp3) is 0.333. The number of ether oxygens (including phenoxy) is 2. The molecule has 152 valence electrons. The lowest BCUT2D eigenvalue weighted by Crippen LogP contribution is -2.58. The van der Waals surface area contributed by atoms with Crippen LogP contribution in [0, 0.1) is 0 Å². The maximum Gasteiger partial charge on any atom is 0.327 e. The van der Waals surface area contributed by atoms with Crippen LogP contribution in [0.1, 0.15) is 32.8 Å². The number of benzene rings is 2. The van der Waals surface area contributed by atoms with Gasteiger partial charge in [-0.1, -0.05) is 42.5 Å². The molecule has 1 amide bonds. The van der Waals surface area contributed by atoms with Crippen molar-refractivity contribution in [2.75, 3.05) is 18.6 Å². The summed E-state index contributed by atoms with van der Waals surface area (Å²) >= 11 is 0. The van der Waals surface area contributed by atoms with Crippen LogP contribution in [0.5, 0.6) is 5.75 Å². The van der Waals surface area contributed by atoms with Gasteiger partial charge in [-0.2, -0.15) is 0 Å². The highest BCUT2D eigenvalue weighted by atomic mass is 16.6. The fourth-order valence-corrected chi connectivity index (χ4v) is 3.59. The van der Waals surface area contributed by atoms with Crippen LogP contribution in [0.25, 0.3) is 0 Å². The van der Waals surface area contributed by atoms with Gasteiger partial charge in [-0.05, 0) is 57.0 Å². The molecule has 1 saturated heterocycles. The maximum atomic E-state index is 13.8. The maximum absolute atomic E-state index is 13.8. The van der Waals surface area contributed by atoms with Gasteiger partial charge in [0.25, 0.3) is 0 Å². The number of rotatable bonds is 4. The van der Waals surface area contributed by atoms with E-state index in [1.54, 1.807) is 69.2 Å². The highest BCUT2D eigenvalue weighted by Crippen LogP contribution is 2.41. The van der Waals surface area contributed by atoms with Crippen LogP contribution in [0.3, 0.4) is 0 Å². The third-order valence-corrected chi connectivity index (χ3v) is 4.91. The molecule has 1 unspecified atom stereocenters. The van der Waals surface area contributed by atoms with E-state index in [0.29, 0.717) is 23.5 Å². The Kier molecular flexibility index (Phi) is 5.51. The number of hydrogen-bond acceptors (Lipinski definition) is 4. The molecule has 5 heteroatoms. The summed E-state index contributed by atoms with van der Waals surface area (Å²) in [4.78, 5) is 28.9. The minimum Gasteiger partial charge on any atom is -0.497 e. The van der Waals surface area contributed by atoms with Crippen molar-refractivity contribution < 1.29 is 19.1 Å². The third-order valence-electron chi connectivity index (χ3n) is 4.91. The molecule has 1 atom stereocenters.